The summed E-state index contributed by atoms with van der Waals surface area (Å²) in [6, 6.07) is 22.1. The molecule has 1 heterocycles. The Morgan fingerprint density at radius 2 is 1.74 bits per heavy atom. The molecule has 3 aromatic carbocycles. The van der Waals surface area contributed by atoms with Gasteiger partial charge in [-0.2, -0.15) is 5.11 Å². The quantitative estimate of drug-likeness (QED) is 0.359. The van der Waals surface area contributed by atoms with Crippen molar-refractivity contribution < 1.29 is 14.6 Å². The number of aromatic hydroxyl groups is 1. The van der Waals surface area contributed by atoms with E-state index in [-0.39, 0.29) is 11.8 Å². The fraction of sp³-hybridized carbons (Fsp3) is 0.125. The molecule has 0 saturated carbocycles. The van der Waals surface area contributed by atoms with Crippen LogP contribution < -0.4 is 10.1 Å². The average molecular weight is 414 g/mol. The normalized spacial score (nSPS) is 11.1. The maximum absolute atomic E-state index is 12.4. The van der Waals surface area contributed by atoms with Crippen molar-refractivity contribution in [3.05, 3.63) is 83.9 Å². The van der Waals surface area contributed by atoms with Gasteiger partial charge in [0.15, 0.2) is 5.69 Å². The molecule has 7 heteroatoms. The van der Waals surface area contributed by atoms with Gasteiger partial charge in [0.05, 0.1) is 18.3 Å². The van der Waals surface area contributed by atoms with E-state index >= 15 is 0 Å². The first-order valence-electron chi connectivity index (χ1n) is 9.86. The highest BCUT2D eigenvalue weighted by Crippen LogP contribution is 2.36. The summed E-state index contributed by atoms with van der Waals surface area (Å²) in [5.74, 6) is 0.633. The third kappa shape index (κ3) is 4.72. The summed E-state index contributed by atoms with van der Waals surface area (Å²) in [5, 5.41) is 22.1. The van der Waals surface area contributed by atoms with Crippen molar-refractivity contribution in [1.82, 2.24) is 10.3 Å². The molecule has 3 N–H and O–H groups in total. The first kappa shape index (κ1) is 20.2. The summed E-state index contributed by atoms with van der Waals surface area (Å²) < 4.78 is 5.14. The first-order chi connectivity index (χ1) is 15.1. The van der Waals surface area contributed by atoms with Gasteiger partial charge in [0, 0.05) is 17.5 Å². The van der Waals surface area contributed by atoms with E-state index < -0.39 is 0 Å². The molecule has 1 aromatic heterocycles. The van der Waals surface area contributed by atoms with E-state index in [0.29, 0.717) is 23.5 Å². The fourth-order valence-corrected chi connectivity index (χ4v) is 3.22. The fourth-order valence-electron chi connectivity index (χ4n) is 3.22. The second kappa shape index (κ2) is 9.13. The first-order valence-corrected chi connectivity index (χ1v) is 9.86. The van der Waals surface area contributed by atoms with Gasteiger partial charge >= 0.3 is 0 Å². The van der Waals surface area contributed by atoms with Crippen LogP contribution in [0, 0.1) is 0 Å². The minimum Gasteiger partial charge on any atom is -0.497 e. The molecule has 4 aromatic rings. The lowest BCUT2D eigenvalue weighted by molar-refractivity contribution is 0.0954. The van der Waals surface area contributed by atoms with Crippen LogP contribution in [0.4, 0.5) is 11.4 Å². The summed E-state index contributed by atoms with van der Waals surface area (Å²) in [7, 11) is 1.63. The summed E-state index contributed by atoms with van der Waals surface area (Å²) in [4.78, 5) is 15.2. The highest BCUT2D eigenvalue weighted by Gasteiger charge is 2.09. The van der Waals surface area contributed by atoms with Crippen LogP contribution >= 0.6 is 0 Å². The summed E-state index contributed by atoms with van der Waals surface area (Å²) in [5.41, 5.74) is 3.42. The number of para-hydroxylation sites is 1. The van der Waals surface area contributed by atoms with E-state index in [9.17, 15) is 9.90 Å². The van der Waals surface area contributed by atoms with Gasteiger partial charge in [-0.3, -0.25) is 4.79 Å². The maximum Gasteiger partial charge on any atom is 0.251 e. The van der Waals surface area contributed by atoms with Crippen molar-refractivity contribution in [1.29, 1.82) is 0 Å². The number of nitrogens with zero attached hydrogens (tertiary/aromatic N) is 2. The number of aromatic amines is 1. The maximum atomic E-state index is 12.4. The van der Waals surface area contributed by atoms with E-state index in [1.807, 2.05) is 48.5 Å². The third-order valence-electron chi connectivity index (χ3n) is 4.91. The number of ether oxygens (including phenoxy) is 1. The molecule has 0 spiro atoms. The van der Waals surface area contributed by atoms with Crippen LogP contribution in [0.2, 0.25) is 0 Å². The number of benzene rings is 3. The van der Waals surface area contributed by atoms with Crippen LogP contribution in [0.1, 0.15) is 15.9 Å². The predicted molar refractivity (Wildman–Crippen MR) is 120 cm³/mol. The van der Waals surface area contributed by atoms with Crippen LogP contribution in [0.3, 0.4) is 0 Å². The predicted octanol–water partition coefficient (Wildman–Crippen LogP) is 5.27. The van der Waals surface area contributed by atoms with E-state index in [0.717, 1.165) is 28.6 Å². The van der Waals surface area contributed by atoms with Crippen LogP contribution in [0.25, 0.3) is 10.9 Å². The zero-order valence-corrected chi connectivity index (χ0v) is 17.0. The van der Waals surface area contributed by atoms with E-state index in [1.165, 1.54) is 0 Å². The Bertz CT molecular complexity index is 1210. The highest BCUT2D eigenvalue weighted by atomic mass is 16.5. The Morgan fingerprint density at radius 1 is 1.00 bits per heavy atom. The van der Waals surface area contributed by atoms with Crippen LogP contribution in [0.5, 0.6) is 11.6 Å². The molecule has 0 radical (unpaired) electrons. The van der Waals surface area contributed by atoms with Crippen molar-refractivity contribution in [3.8, 4) is 11.6 Å². The van der Waals surface area contributed by atoms with Gasteiger partial charge in [-0.1, -0.05) is 30.3 Å². The minimum absolute atomic E-state index is 0.0298. The smallest absolute Gasteiger partial charge is 0.251 e. The number of azo groups is 1. The Balaban J connectivity index is 1.35. The molecule has 0 bridgehead atoms. The number of carbonyl (C=O) groups is 1. The molecule has 156 valence electrons. The molecule has 1 amide bonds. The van der Waals surface area contributed by atoms with Gasteiger partial charge in [-0.05, 0) is 54.4 Å². The van der Waals surface area contributed by atoms with Gasteiger partial charge in [0.1, 0.15) is 5.75 Å². The number of hydrogen-bond donors (Lipinski definition) is 3. The molecule has 0 aliphatic heterocycles. The van der Waals surface area contributed by atoms with Crippen molar-refractivity contribution in [3.63, 3.8) is 0 Å². The van der Waals surface area contributed by atoms with Crippen molar-refractivity contribution in [2.24, 2.45) is 10.2 Å². The number of methoxy groups -OCH3 is 1. The monoisotopic (exact) mass is 414 g/mol. The number of amides is 1. The van der Waals surface area contributed by atoms with Crippen LogP contribution in [-0.2, 0) is 6.42 Å². The molecular weight excluding hydrogens is 392 g/mol. The number of hydrogen-bond acceptors (Lipinski definition) is 5. The van der Waals surface area contributed by atoms with Gasteiger partial charge in [-0.15, -0.1) is 5.11 Å². The minimum atomic E-state index is -0.147. The molecule has 4 rings (SSSR count). The second-order valence-corrected chi connectivity index (χ2v) is 6.97. The van der Waals surface area contributed by atoms with E-state index in [4.69, 9.17) is 4.74 Å². The Labute approximate surface area is 179 Å². The zero-order valence-electron chi connectivity index (χ0n) is 17.0. The average Bonchev–Trinajstić information content (AvgIpc) is 3.13. The second-order valence-electron chi connectivity index (χ2n) is 6.97. The zero-order chi connectivity index (χ0) is 21.6. The number of rotatable bonds is 7. The molecule has 0 fully saturated rings. The van der Waals surface area contributed by atoms with Crippen LogP contribution in [-0.4, -0.2) is 29.7 Å². The Morgan fingerprint density at radius 3 is 2.48 bits per heavy atom. The topological polar surface area (TPSA) is 99.1 Å². The SMILES string of the molecule is COc1ccc(CCNC(=O)c2ccc(N=Nc3c(O)[nH]c4ccccc34)cc2)cc1. The summed E-state index contributed by atoms with van der Waals surface area (Å²) >= 11 is 0. The van der Waals surface area contributed by atoms with Gasteiger partial charge in [-0.25, -0.2) is 0 Å². The molecule has 31 heavy (non-hydrogen) atoms. The van der Waals surface area contributed by atoms with Gasteiger partial charge in [0.25, 0.3) is 5.91 Å². The lowest BCUT2D eigenvalue weighted by Crippen LogP contribution is -2.25. The summed E-state index contributed by atoms with van der Waals surface area (Å²) in [6.45, 7) is 0.534. The van der Waals surface area contributed by atoms with Crippen molar-refractivity contribution in [2.75, 3.05) is 13.7 Å². The molecule has 0 aliphatic rings. The Hall–Kier alpha value is -4.13. The summed E-state index contributed by atoms with van der Waals surface area (Å²) in [6.07, 6.45) is 0.732. The van der Waals surface area contributed by atoms with Gasteiger partial charge in [0.2, 0.25) is 5.88 Å². The Kier molecular flexibility index (Phi) is 5.93. The lowest BCUT2D eigenvalue weighted by Gasteiger charge is -2.06. The number of nitrogens with one attached hydrogen (secondary N) is 2. The van der Waals surface area contributed by atoms with Crippen molar-refractivity contribution in [2.45, 2.75) is 6.42 Å². The molecule has 0 atom stereocenters. The molecule has 7 nitrogen and oxygen atoms in total. The lowest BCUT2D eigenvalue weighted by atomic mass is 10.1. The third-order valence-corrected chi connectivity index (χ3v) is 4.91. The van der Waals surface area contributed by atoms with E-state index in [1.54, 1.807) is 31.4 Å². The molecule has 0 aliphatic carbocycles. The number of H-pyrrole nitrogens is 1. The molecule has 0 saturated heterocycles. The van der Waals surface area contributed by atoms with Crippen molar-refractivity contribution >= 4 is 28.2 Å². The highest BCUT2D eigenvalue weighted by molar-refractivity contribution is 5.95. The largest absolute Gasteiger partial charge is 0.497 e. The number of carbonyl (C=O) groups excluding carboxylic acids is 1. The number of aromatic nitrogens is 1. The number of fused-ring (bicyclic) bond motifs is 1. The van der Waals surface area contributed by atoms with Gasteiger partial charge < -0.3 is 20.1 Å². The van der Waals surface area contributed by atoms with Crippen LogP contribution in [0.15, 0.2) is 83.0 Å². The molecular formula is C24H22N4O3. The van der Waals surface area contributed by atoms with E-state index in [2.05, 4.69) is 20.5 Å². The molecule has 0 unspecified atom stereocenters. The standard InChI is InChI=1S/C24H22N4O3/c1-31-19-12-6-16(7-13-19)14-15-25-23(29)17-8-10-18(11-9-17)27-28-22-20-4-2-3-5-21(20)26-24(22)30/h2-13,26,30H,14-15H2,1H3,(H,25,29).